The molecule has 0 unspecified atom stereocenters. The molecule has 1 N–H and O–H groups in total. The van der Waals surface area contributed by atoms with Crippen LogP contribution >= 0.6 is 39.3 Å². The number of carbonyl (C=O) groups is 1. The molecule has 0 aliphatic heterocycles. The van der Waals surface area contributed by atoms with Gasteiger partial charge in [0.15, 0.2) is 0 Å². The van der Waals surface area contributed by atoms with Crippen molar-refractivity contribution in [2.45, 2.75) is 17.7 Å². The molecular formula is C13H15BrClNOS. The number of hydrogen-bond donors (Lipinski definition) is 1. The fourth-order valence-electron chi connectivity index (χ4n) is 1.70. The normalized spacial score (nSPS) is 16.4. The standard InChI is InChI=1S/C13H15BrClNOS/c1-18-9-2-3-11(15)10(6-9)12(17)16-8-13(7-14)4-5-13/h2-3,6H,4-5,7-8H2,1H3,(H,16,17). The molecule has 0 aromatic heterocycles. The molecule has 1 amide bonds. The van der Waals surface area contributed by atoms with E-state index in [4.69, 9.17) is 11.6 Å². The van der Waals surface area contributed by atoms with E-state index in [2.05, 4.69) is 21.2 Å². The van der Waals surface area contributed by atoms with E-state index in [0.29, 0.717) is 10.6 Å². The molecular weight excluding hydrogens is 334 g/mol. The van der Waals surface area contributed by atoms with Gasteiger partial charge in [-0.25, -0.2) is 0 Å². The lowest BCUT2D eigenvalue weighted by Gasteiger charge is -2.13. The summed E-state index contributed by atoms with van der Waals surface area (Å²) in [5.41, 5.74) is 0.841. The van der Waals surface area contributed by atoms with Crippen molar-refractivity contribution in [3.63, 3.8) is 0 Å². The molecule has 0 bridgehead atoms. The highest BCUT2D eigenvalue weighted by Crippen LogP contribution is 2.46. The molecule has 1 aromatic carbocycles. The highest BCUT2D eigenvalue weighted by atomic mass is 79.9. The maximum Gasteiger partial charge on any atom is 0.252 e. The molecule has 2 nitrogen and oxygen atoms in total. The Morgan fingerprint density at radius 3 is 2.83 bits per heavy atom. The summed E-state index contributed by atoms with van der Waals surface area (Å²) in [6, 6.07) is 5.54. The summed E-state index contributed by atoms with van der Waals surface area (Å²) in [6.07, 6.45) is 4.34. The van der Waals surface area contributed by atoms with Crippen LogP contribution in [0.2, 0.25) is 5.02 Å². The molecule has 0 heterocycles. The van der Waals surface area contributed by atoms with Crippen molar-refractivity contribution in [2.24, 2.45) is 5.41 Å². The second-order valence-electron chi connectivity index (χ2n) is 4.66. The number of alkyl halides is 1. The van der Waals surface area contributed by atoms with Crippen molar-refractivity contribution in [1.82, 2.24) is 5.32 Å². The van der Waals surface area contributed by atoms with Crippen molar-refractivity contribution in [1.29, 1.82) is 0 Å². The second kappa shape index (κ2) is 5.85. The molecule has 18 heavy (non-hydrogen) atoms. The summed E-state index contributed by atoms with van der Waals surface area (Å²) >= 11 is 11.2. The molecule has 1 fully saturated rings. The Balaban J connectivity index is 2.04. The first kappa shape index (κ1) is 14.2. The summed E-state index contributed by atoms with van der Waals surface area (Å²) in [6.45, 7) is 0.719. The van der Waals surface area contributed by atoms with Crippen molar-refractivity contribution < 1.29 is 4.79 Å². The third-order valence-electron chi connectivity index (χ3n) is 3.28. The van der Waals surface area contributed by atoms with Crippen molar-refractivity contribution in [3.8, 4) is 0 Å². The summed E-state index contributed by atoms with van der Waals surface area (Å²) in [4.78, 5) is 13.2. The number of thioether (sulfide) groups is 1. The smallest absolute Gasteiger partial charge is 0.252 e. The van der Waals surface area contributed by atoms with Crippen LogP contribution in [0, 0.1) is 5.41 Å². The van der Waals surface area contributed by atoms with Crippen LogP contribution in [-0.4, -0.2) is 24.0 Å². The van der Waals surface area contributed by atoms with Crippen LogP contribution in [0.25, 0.3) is 0 Å². The monoisotopic (exact) mass is 347 g/mol. The number of halogens is 2. The Labute approximate surface area is 125 Å². The summed E-state index contributed by atoms with van der Waals surface area (Å²) in [5.74, 6) is -0.0804. The van der Waals surface area contributed by atoms with Gasteiger partial charge in [0, 0.05) is 16.8 Å². The lowest BCUT2D eigenvalue weighted by Crippen LogP contribution is -2.31. The molecule has 1 aliphatic carbocycles. The van der Waals surface area contributed by atoms with Gasteiger partial charge in [0.2, 0.25) is 0 Å². The number of nitrogens with one attached hydrogen (secondary N) is 1. The molecule has 0 atom stereocenters. The van der Waals surface area contributed by atoms with E-state index < -0.39 is 0 Å². The third kappa shape index (κ3) is 3.22. The first-order chi connectivity index (χ1) is 8.60. The summed E-state index contributed by atoms with van der Waals surface area (Å²) in [7, 11) is 0. The zero-order valence-corrected chi connectivity index (χ0v) is 13.3. The van der Waals surface area contributed by atoms with Crippen molar-refractivity contribution in [2.75, 3.05) is 18.1 Å². The average Bonchev–Trinajstić information content (AvgIpc) is 3.17. The topological polar surface area (TPSA) is 29.1 Å². The zero-order valence-electron chi connectivity index (χ0n) is 10.1. The Bertz CT molecular complexity index is 462. The van der Waals surface area contributed by atoms with Gasteiger partial charge in [-0.05, 0) is 42.7 Å². The van der Waals surface area contributed by atoms with Gasteiger partial charge in [0.25, 0.3) is 5.91 Å². The van der Waals surface area contributed by atoms with Crippen molar-refractivity contribution >= 4 is 45.2 Å². The Morgan fingerprint density at radius 2 is 2.28 bits per heavy atom. The molecule has 0 saturated heterocycles. The maximum absolute atomic E-state index is 12.1. The largest absolute Gasteiger partial charge is 0.351 e. The van der Waals surface area contributed by atoms with Gasteiger partial charge >= 0.3 is 0 Å². The number of carbonyl (C=O) groups excluding carboxylic acids is 1. The van der Waals surface area contributed by atoms with Gasteiger partial charge in [0.05, 0.1) is 10.6 Å². The van der Waals surface area contributed by atoms with E-state index in [1.165, 1.54) is 12.8 Å². The quantitative estimate of drug-likeness (QED) is 0.644. The molecule has 5 heteroatoms. The van der Waals surface area contributed by atoms with E-state index in [0.717, 1.165) is 16.8 Å². The minimum Gasteiger partial charge on any atom is -0.351 e. The summed E-state index contributed by atoms with van der Waals surface area (Å²) < 4.78 is 0. The molecule has 1 aliphatic rings. The van der Waals surface area contributed by atoms with Gasteiger partial charge in [-0.1, -0.05) is 27.5 Å². The minimum absolute atomic E-state index is 0.0804. The summed E-state index contributed by atoms with van der Waals surface area (Å²) in [5, 5.41) is 4.43. The number of benzene rings is 1. The van der Waals surface area contributed by atoms with E-state index >= 15 is 0 Å². The lowest BCUT2D eigenvalue weighted by molar-refractivity contribution is 0.0946. The van der Waals surface area contributed by atoms with E-state index in [1.807, 2.05) is 18.4 Å². The molecule has 1 saturated carbocycles. The molecule has 1 aromatic rings. The molecule has 0 spiro atoms. The molecule has 98 valence electrons. The van der Waals surface area contributed by atoms with Crippen LogP contribution in [-0.2, 0) is 0 Å². The second-order valence-corrected chi connectivity index (χ2v) is 6.51. The third-order valence-corrected chi connectivity index (χ3v) is 5.53. The average molecular weight is 349 g/mol. The Morgan fingerprint density at radius 1 is 1.56 bits per heavy atom. The first-order valence-corrected chi connectivity index (χ1v) is 8.50. The lowest BCUT2D eigenvalue weighted by atomic mass is 10.1. The van der Waals surface area contributed by atoms with E-state index in [9.17, 15) is 4.79 Å². The SMILES string of the molecule is CSc1ccc(Cl)c(C(=O)NCC2(CBr)CC2)c1. The fraction of sp³-hybridized carbons (Fsp3) is 0.462. The fourth-order valence-corrected chi connectivity index (χ4v) is 3.10. The first-order valence-electron chi connectivity index (χ1n) is 5.78. The van der Waals surface area contributed by atoms with Gasteiger partial charge in [-0.15, -0.1) is 11.8 Å². The van der Waals surface area contributed by atoms with Crippen molar-refractivity contribution in [3.05, 3.63) is 28.8 Å². The molecule has 2 rings (SSSR count). The predicted molar refractivity (Wildman–Crippen MR) is 81.0 cm³/mol. The van der Waals surface area contributed by atoms with Gasteiger partial charge in [-0.3, -0.25) is 4.79 Å². The zero-order chi connectivity index (χ0) is 13.2. The Hall–Kier alpha value is -0.190. The van der Waals surface area contributed by atoms with Crippen LogP contribution in [0.5, 0.6) is 0 Å². The number of rotatable bonds is 5. The van der Waals surface area contributed by atoms with Gasteiger partial charge in [0.1, 0.15) is 0 Å². The maximum atomic E-state index is 12.1. The highest BCUT2D eigenvalue weighted by Gasteiger charge is 2.41. The number of hydrogen-bond acceptors (Lipinski definition) is 2. The van der Waals surface area contributed by atoms with E-state index in [-0.39, 0.29) is 11.3 Å². The number of amides is 1. The Kier molecular flexibility index (Phi) is 4.62. The minimum atomic E-state index is -0.0804. The van der Waals surface area contributed by atoms with E-state index in [1.54, 1.807) is 17.8 Å². The predicted octanol–water partition coefficient (Wildman–Crippen LogP) is 3.97. The van der Waals surface area contributed by atoms with Crippen LogP contribution < -0.4 is 5.32 Å². The van der Waals surface area contributed by atoms with Crippen LogP contribution in [0.1, 0.15) is 23.2 Å². The highest BCUT2D eigenvalue weighted by molar-refractivity contribution is 9.09. The van der Waals surface area contributed by atoms with Crippen LogP contribution in [0.4, 0.5) is 0 Å². The van der Waals surface area contributed by atoms with Crippen LogP contribution in [0.3, 0.4) is 0 Å². The van der Waals surface area contributed by atoms with Crippen LogP contribution in [0.15, 0.2) is 23.1 Å². The molecule has 0 radical (unpaired) electrons. The van der Waals surface area contributed by atoms with Gasteiger partial charge < -0.3 is 5.32 Å². The van der Waals surface area contributed by atoms with Gasteiger partial charge in [-0.2, -0.15) is 0 Å².